The van der Waals surface area contributed by atoms with Gasteiger partial charge in [-0.3, -0.25) is 0 Å². The van der Waals surface area contributed by atoms with Crippen LogP contribution in [0.25, 0.3) is 0 Å². The van der Waals surface area contributed by atoms with Crippen LogP contribution in [-0.2, 0) is 16.2 Å². The van der Waals surface area contributed by atoms with Gasteiger partial charge in [0.1, 0.15) is 0 Å². The molecule has 0 aliphatic rings. The number of hydrogen-bond acceptors (Lipinski definition) is 0. The maximum absolute atomic E-state index is 2.35. The predicted molar refractivity (Wildman–Crippen MR) is 83.2 cm³/mol. The summed E-state index contributed by atoms with van der Waals surface area (Å²) >= 11 is 0. The van der Waals surface area contributed by atoms with Crippen molar-refractivity contribution in [3.8, 4) is 0 Å². The first-order valence-corrected chi connectivity index (χ1v) is 8.18. The van der Waals surface area contributed by atoms with Crippen LogP contribution in [0.2, 0.25) is 0 Å². The Kier molecular flexibility index (Phi) is 3.95. The zero-order chi connectivity index (χ0) is 13.6. The highest BCUT2D eigenvalue weighted by Gasteiger charge is 2.23. The monoisotopic (exact) mass is 269 g/mol. The van der Waals surface area contributed by atoms with E-state index in [-0.39, 0.29) is 0 Å². The molecular formula is C15H27P2-. The second-order valence-corrected chi connectivity index (χ2v) is 10.6. The normalized spacial score (nSPS) is 15.1. The van der Waals surface area contributed by atoms with Gasteiger partial charge < -0.3 is 16.4 Å². The molecule has 0 unspecified atom stereocenters. The molecule has 0 saturated heterocycles. The van der Waals surface area contributed by atoms with Crippen molar-refractivity contribution in [3.63, 3.8) is 0 Å². The zero-order valence-electron chi connectivity index (χ0n) is 12.9. The van der Waals surface area contributed by atoms with E-state index in [2.05, 4.69) is 62.3 Å². The fourth-order valence-corrected chi connectivity index (χ4v) is 5.47. The van der Waals surface area contributed by atoms with Crippen LogP contribution in [0.1, 0.15) is 77.9 Å². The van der Waals surface area contributed by atoms with Gasteiger partial charge in [0.15, 0.2) is 0 Å². The molecule has 0 radical (unpaired) electrons. The van der Waals surface area contributed by atoms with Crippen molar-refractivity contribution in [1.29, 1.82) is 0 Å². The maximum Gasteiger partial charge on any atom is -0.0274 e. The number of rotatable bonds is 0. The summed E-state index contributed by atoms with van der Waals surface area (Å²) in [5.41, 5.74) is 0.918. The SMILES string of the molecule is CC(C)(C)c1pc(C(C)(C)C)c(C(C)(C)C)[p-]1. The zero-order valence-corrected chi connectivity index (χ0v) is 14.7. The van der Waals surface area contributed by atoms with E-state index in [4.69, 9.17) is 0 Å². The van der Waals surface area contributed by atoms with E-state index in [1.807, 2.05) is 0 Å². The standard InChI is InChI=1S/C15H27P2/c1-13(2,3)10-11(14(4,5)6)17-12(16-10)15(7,8)9/h1-9H3/q-1. The lowest BCUT2D eigenvalue weighted by Gasteiger charge is -2.31. The second kappa shape index (κ2) is 4.40. The molecule has 0 atom stereocenters. The predicted octanol–water partition coefficient (Wildman–Crippen LogP) is 6.46. The first-order valence-electron chi connectivity index (χ1n) is 6.39. The Bertz CT molecular complexity index is 361. The van der Waals surface area contributed by atoms with Crippen LogP contribution in [0.3, 0.4) is 0 Å². The van der Waals surface area contributed by atoms with E-state index in [0.29, 0.717) is 16.2 Å². The highest BCUT2D eigenvalue weighted by Crippen LogP contribution is 2.52. The van der Waals surface area contributed by atoms with Crippen molar-refractivity contribution in [3.05, 3.63) is 15.6 Å². The molecule has 0 bridgehead atoms. The van der Waals surface area contributed by atoms with Crippen molar-refractivity contribution in [1.82, 2.24) is 0 Å². The molecule has 0 aliphatic heterocycles. The third kappa shape index (κ3) is 3.59. The summed E-state index contributed by atoms with van der Waals surface area (Å²) in [4.78, 5) is 0. The first-order chi connectivity index (χ1) is 7.33. The molecule has 0 nitrogen and oxygen atoms in total. The molecule has 17 heavy (non-hydrogen) atoms. The Morgan fingerprint density at radius 3 is 1.41 bits per heavy atom. The molecule has 1 rings (SSSR count). The van der Waals surface area contributed by atoms with Crippen LogP contribution >= 0.6 is 16.4 Å². The molecule has 0 aliphatic carbocycles. The molecular weight excluding hydrogens is 242 g/mol. The minimum Gasteiger partial charge on any atom is -0.307 e. The summed E-state index contributed by atoms with van der Waals surface area (Å²) in [6.07, 6.45) is 0. The summed E-state index contributed by atoms with van der Waals surface area (Å²) in [5, 5.41) is 4.96. The van der Waals surface area contributed by atoms with Crippen molar-refractivity contribution in [2.45, 2.75) is 78.6 Å². The van der Waals surface area contributed by atoms with Crippen LogP contribution in [-0.4, -0.2) is 0 Å². The van der Waals surface area contributed by atoms with Crippen molar-refractivity contribution >= 4 is 16.4 Å². The molecule has 0 aromatic carbocycles. The van der Waals surface area contributed by atoms with Crippen LogP contribution < -0.4 is 0 Å². The summed E-state index contributed by atoms with van der Waals surface area (Å²) < 4.78 is 0. The average molecular weight is 269 g/mol. The van der Waals surface area contributed by atoms with E-state index in [9.17, 15) is 0 Å². The Morgan fingerprint density at radius 2 is 1.18 bits per heavy atom. The summed E-state index contributed by atoms with van der Waals surface area (Å²) in [6, 6.07) is 0. The molecule has 2 heteroatoms. The summed E-state index contributed by atoms with van der Waals surface area (Å²) in [5.74, 6) is 0. The lowest BCUT2D eigenvalue weighted by Crippen LogP contribution is -2.17. The first kappa shape index (κ1) is 15.3. The van der Waals surface area contributed by atoms with E-state index < -0.39 is 0 Å². The Hall–Kier alpha value is 0.210. The molecule has 0 saturated carbocycles. The highest BCUT2D eigenvalue weighted by atomic mass is 31.1. The lowest BCUT2D eigenvalue weighted by atomic mass is 9.86. The second-order valence-electron chi connectivity index (χ2n) is 7.99. The largest absolute Gasteiger partial charge is 0.307 e. The van der Waals surface area contributed by atoms with Crippen LogP contribution in [0.4, 0.5) is 0 Å². The van der Waals surface area contributed by atoms with Gasteiger partial charge in [0, 0.05) is 0 Å². The van der Waals surface area contributed by atoms with Gasteiger partial charge in [0.25, 0.3) is 0 Å². The van der Waals surface area contributed by atoms with E-state index in [0.717, 1.165) is 0 Å². The fraction of sp³-hybridized carbons (Fsp3) is 0.800. The van der Waals surface area contributed by atoms with Gasteiger partial charge in [-0.15, -0.1) is 10.6 Å². The van der Waals surface area contributed by atoms with Gasteiger partial charge in [-0.2, -0.15) is 5.03 Å². The molecule has 0 N–H and O–H groups in total. The molecule has 0 amide bonds. The van der Waals surface area contributed by atoms with E-state index in [1.54, 1.807) is 15.6 Å². The van der Waals surface area contributed by atoms with Gasteiger partial charge in [-0.05, 0) is 16.2 Å². The van der Waals surface area contributed by atoms with Crippen LogP contribution in [0, 0.1) is 0 Å². The Labute approximate surface area is 111 Å². The minimum atomic E-state index is 0.296. The fourth-order valence-electron chi connectivity index (χ4n) is 1.72. The highest BCUT2D eigenvalue weighted by molar-refractivity contribution is 7.50. The quantitative estimate of drug-likeness (QED) is 0.507. The van der Waals surface area contributed by atoms with Crippen molar-refractivity contribution in [2.75, 3.05) is 0 Å². The van der Waals surface area contributed by atoms with Gasteiger partial charge in [-0.1, -0.05) is 62.3 Å². The van der Waals surface area contributed by atoms with Crippen LogP contribution in [0.5, 0.6) is 0 Å². The van der Waals surface area contributed by atoms with Gasteiger partial charge >= 0.3 is 0 Å². The molecule has 0 fully saturated rings. The molecule has 0 spiro atoms. The Morgan fingerprint density at radius 1 is 0.706 bits per heavy atom. The molecule has 1 aromatic rings. The average Bonchev–Trinajstić information content (AvgIpc) is 2.42. The van der Waals surface area contributed by atoms with Crippen molar-refractivity contribution in [2.24, 2.45) is 0 Å². The summed E-state index contributed by atoms with van der Waals surface area (Å²) in [6.45, 7) is 21.1. The van der Waals surface area contributed by atoms with Gasteiger partial charge in [0.2, 0.25) is 0 Å². The Balaban J connectivity index is 3.44. The number of hydrogen-bond donors (Lipinski definition) is 0. The van der Waals surface area contributed by atoms with Gasteiger partial charge in [-0.25, -0.2) is 0 Å². The van der Waals surface area contributed by atoms with Crippen molar-refractivity contribution < 1.29 is 0 Å². The topological polar surface area (TPSA) is 0 Å². The molecule has 1 heterocycles. The minimum absolute atomic E-state index is 0.296. The third-order valence-corrected chi connectivity index (χ3v) is 7.53. The smallest absolute Gasteiger partial charge is 0.0274 e. The maximum atomic E-state index is 2.35. The molecule has 98 valence electrons. The van der Waals surface area contributed by atoms with Crippen LogP contribution in [0.15, 0.2) is 0 Å². The molecule has 1 aromatic heterocycles. The summed E-state index contributed by atoms with van der Waals surface area (Å²) in [7, 11) is 2.97. The van der Waals surface area contributed by atoms with E-state index in [1.165, 1.54) is 16.4 Å². The third-order valence-electron chi connectivity index (χ3n) is 2.75. The lowest BCUT2D eigenvalue weighted by molar-refractivity contribution is 0.551. The van der Waals surface area contributed by atoms with E-state index >= 15 is 0 Å². The van der Waals surface area contributed by atoms with Gasteiger partial charge in [0.05, 0.1) is 0 Å².